The average Bonchev–Trinajstić information content (AvgIpc) is 2.75. The number of amides is 1. The lowest BCUT2D eigenvalue weighted by atomic mass is 10.0. The Morgan fingerprint density at radius 1 is 1.14 bits per heavy atom. The van der Waals surface area contributed by atoms with E-state index in [1.165, 1.54) is 16.2 Å². The van der Waals surface area contributed by atoms with Gasteiger partial charge in [-0.25, -0.2) is 0 Å². The van der Waals surface area contributed by atoms with E-state index in [-0.39, 0.29) is 11.9 Å². The molecule has 2 N–H and O–H groups in total. The van der Waals surface area contributed by atoms with E-state index >= 15 is 0 Å². The predicted octanol–water partition coefficient (Wildman–Crippen LogP) is 1.54. The summed E-state index contributed by atoms with van der Waals surface area (Å²) in [7, 11) is 4.07. The van der Waals surface area contributed by atoms with Crippen LogP contribution in [-0.2, 0) is 4.74 Å². The normalized spacial score (nSPS) is 15.6. The van der Waals surface area contributed by atoms with Crippen molar-refractivity contribution in [2.45, 2.75) is 13.0 Å². The Labute approximate surface area is 173 Å². The molecule has 0 bridgehead atoms. The van der Waals surface area contributed by atoms with E-state index in [4.69, 9.17) is 9.47 Å². The molecule has 1 atom stereocenters. The quantitative estimate of drug-likeness (QED) is 0.708. The first-order chi connectivity index (χ1) is 14.1. The third kappa shape index (κ3) is 5.49. The minimum atomic E-state index is -0.100. The van der Waals surface area contributed by atoms with Gasteiger partial charge in [0.15, 0.2) is 0 Å². The lowest BCUT2D eigenvalue weighted by Crippen LogP contribution is -3.15. The maximum atomic E-state index is 12.9. The molecule has 3 rings (SSSR count). The monoisotopic (exact) mass is 398 g/mol. The van der Waals surface area contributed by atoms with Crippen LogP contribution in [0.15, 0.2) is 48.5 Å². The van der Waals surface area contributed by atoms with Gasteiger partial charge in [-0.3, -0.25) is 4.79 Å². The van der Waals surface area contributed by atoms with Crippen molar-refractivity contribution in [3.63, 3.8) is 0 Å². The van der Waals surface area contributed by atoms with Gasteiger partial charge in [-0.15, -0.1) is 0 Å². The van der Waals surface area contributed by atoms with E-state index in [0.29, 0.717) is 24.5 Å². The van der Waals surface area contributed by atoms with Crippen LogP contribution in [0.3, 0.4) is 0 Å². The minimum absolute atomic E-state index is 0.100. The minimum Gasteiger partial charge on any atom is -0.493 e. The molecule has 1 fully saturated rings. The fourth-order valence-corrected chi connectivity index (χ4v) is 3.71. The summed E-state index contributed by atoms with van der Waals surface area (Å²) in [6, 6.07) is 16.2. The average molecular weight is 399 g/mol. The van der Waals surface area contributed by atoms with Crippen LogP contribution in [0.5, 0.6) is 5.75 Å². The Morgan fingerprint density at radius 2 is 1.83 bits per heavy atom. The molecule has 1 amide bonds. The molecule has 1 heterocycles. The molecule has 6 heteroatoms. The summed E-state index contributed by atoms with van der Waals surface area (Å²) in [5, 5.41) is 3.14. The first-order valence-electron chi connectivity index (χ1n) is 10.3. The van der Waals surface area contributed by atoms with Gasteiger partial charge in [-0.05, 0) is 31.2 Å². The second-order valence-electron chi connectivity index (χ2n) is 7.45. The van der Waals surface area contributed by atoms with Crippen molar-refractivity contribution in [3.05, 3.63) is 59.7 Å². The fraction of sp³-hybridized carbons (Fsp3) is 0.435. The Kier molecular flexibility index (Phi) is 7.49. The highest BCUT2D eigenvalue weighted by molar-refractivity contribution is 5.96. The van der Waals surface area contributed by atoms with Gasteiger partial charge in [0.25, 0.3) is 5.91 Å². The summed E-state index contributed by atoms with van der Waals surface area (Å²) in [5.41, 5.74) is 2.97. The summed E-state index contributed by atoms with van der Waals surface area (Å²) in [6.07, 6.45) is 0. The zero-order valence-corrected chi connectivity index (χ0v) is 17.6. The first kappa shape index (κ1) is 21.1. The van der Waals surface area contributed by atoms with E-state index in [9.17, 15) is 4.79 Å². The molecule has 2 aromatic carbocycles. The number of hydrogen-bond acceptors (Lipinski definition) is 4. The number of carbonyl (C=O) groups is 1. The molecule has 6 nitrogen and oxygen atoms in total. The van der Waals surface area contributed by atoms with Crippen molar-refractivity contribution in [2.24, 2.45) is 0 Å². The third-order valence-corrected chi connectivity index (χ3v) is 5.34. The van der Waals surface area contributed by atoms with Gasteiger partial charge in [0.2, 0.25) is 0 Å². The van der Waals surface area contributed by atoms with Crippen LogP contribution in [0.2, 0.25) is 0 Å². The van der Waals surface area contributed by atoms with Crippen LogP contribution in [0.1, 0.15) is 28.9 Å². The summed E-state index contributed by atoms with van der Waals surface area (Å²) in [6.45, 7) is 6.39. The highest BCUT2D eigenvalue weighted by Crippen LogP contribution is 2.19. The highest BCUT2D eigenvalue weighted by Gasteiger charge is 2.27. The van der Waals surface area contributed by atoms with Crippen molar-refractivity contribution < 1.29 is 19.2 Å². The Bertz CT molecular complexity index is 786. The van der Waals surface area contributed by atoms with Crippen LogP contribution in [0.4, 0.5) is 5.69 Å². The van der Waals surface area contributed by atoms with E-state index in [1.807, 2.05) is 45.3 Å². The van der Waals surface area contributed by atoms with Gasteiger partial charge in [0, 0.05) is 25.3 Å². The van der Waals surface area contributed by atoms with Gasteiger partial charge in [0.05, 0.1) is 31.9 Å². The van der Waals surface area contributed by atoms with Crippen LogP contribution < -0.4 is 19.9 Å². The van der Waals surface area contributed by atoms with Crippen molar-refractivity contribution in [1.29, 1.82) is 0 Å². The SMILES string of the molecule is CCOc1ccccc1C(=O)NC[C@@H](c1ccc(N(C)C)cc1)[NH+]1CCOCC1. The first-order valence-corrected chi connectivity index (χ1v) is 10.3. The number of benzene rings is 2. The number of rotatable bonds is 8. The van der Waals surface area contributed by atoms with E-state index in [2.05, 4.69) is 34.5 Å². The molecule has 1 aliphatic heterocycles. The smallest absolute Gasteiger partial charge is 0.255 e. The van der Waals surface area contributed by atoms with Crippen molar-refractivity contribution in [3.8, 4) is 5.75 Å². The molecule has 1 saturated heterocycles. The molecule has 156 valence electrons. The number of carbonyl (C=O) groups excluding carboxylic acids is 1. The molecule has 1 aliphatic rings. The molecule has 0 saturated carbocycles. The number of anilines is 1. The van der Waals surface area contributed by atoms with Crippen LogP contribution >= 0.6 is 0 Å². The van der Waals surface area contributed by atoms with Crippen LogP contribution in [0, 0.1) is 0 Å². The summed E-state index contributed by atoms with van der Waals surface area (Å²) < 4.78 is 11.2. The number of hydrogen-bond donors (Lipinski definition) is 2. The van der Waals surface area contributed by atoms with Gasteiger partial charge < -0.3 is 24.6 Å². The van der Waals surface area contributed by atoms with Gasteiger partial charge in [-0.1, -0.05) is 24.3 Å². The lowest BCUT2D eigenvalue weighted by molar-refractivity contribution is -0.937. The van der Waals surface area contributed by atoms with Crippen molar-refractivity contribution in [2.75, 3.05) is 58.5 Å². The summed E-state index contributed by atoms with van der Waals surface area (Å²) >= 11 is 0. The largest absolute Gasteiger partial charge is 0.493 e. The topological polar surface area (TPSA) is 55.2 Å². The second-order valence-corrected chi connectivity index (χ2v) is 7.45. The number of quaternary nitrogens is 1. The zero-order valence-electron chi connectivity index (χ0n) is 17.6. The molecule has 0 aliphatic carbocycles. The Morgan fingerprint density at radius 3 is 2.48 bits per heavy atom. The molecule has 0 unspecified atom stereocenters. The van der Waals surface area contributed by atoms with Crippen LogP contribution in [0.25, 0.3) is 0 Å². The molecule has 2 aromatic rings. The third-order valence-electron chi connectivity index (χ3n) is 5.34. The standard InChI is InChI=1S/C23H31N3O3/c1-4-29-22-8-6-5-7-20(22)23(27)24-17-21(26-13-15-28-16-14-26)18-9-11-19(12-10-18)25(2)3/h5-12,21H,4,13-17H2,1-3H3,(H,24,27)/p+1/t21-/m0/s1. The molecule has 0 spiro atoms. The number of nitrogens with one attached hydrogen (secondary N) is 2. The predicted molar refractivity (Wildman–Crippen MR) is 115 cm³/mol. The molecule has 29 heavy (non-hydrogen) atoms. The van der Waals surface area contributed by atoms with E-state index < -0.39 is 0 Å². The number of nitrogens with zero attached hydrogens (tertiary/aromatic N) is 1. The zero-order chi connectivity index (χ0) is 20.6. The van der Waals surface area contributed by atoms with E-state index in [1.54, 1.807) is 0 Å². The number of ether oxygens (including phenoxy) is 2. The number of para-hydroxylation sites is 1. The fourth-order valence-electron chi connectivity index (χ4n) is 3.71. The van der Waals surface area contributed by atoms with Gasteiger partial charge in [0.1, 0.15) is 24.9 Å². The Balaban J connectivity index is 1.75. The highest BCUT2D eigenvalue weighted by atomic mass is 16.5. The Hall–Kier alpha value is -2.57. The molecular formula is C23H32N3O3+. The van der Waals surface area contributed by atoms with E-state index in [0.717, 1.165) is 26.3 Å². The van der Waals surface area contributed by atoms with Gasteiger partial charge in [-0.2, -0.15) is 0 Å². The number of morpholine rings is 1. The molecular weight excluding hydrogens is 366 g/mol. The summed E-state index contributed by atoms with van der Waals surface area (Å²) in [5.74, 6) is 0.523. The summed E-state index contributed by atoms with van der Waals surface area (Å²) in [4.78, 5) is 16.4. The van der Waals surface area contributed by atoms with Crippen molar-refractivity contribution >= 4 is 11.6 Å². The molecule has 0 radical (unpaired) electrons. The maximum absolute atomic E-state index is 12.9. The second kappa shape index (κ2) is 10.3. The maximum Gasteiger partial charge on any atom is 0.255 e. The lowest BCUT2D eigenvalue weighted by Gasteiger charge is -2.32. The molecule has 0 aromatic heterocycles. The van der Waals surface area contributed by atoms with Gasteiger partial charge >= 0.3 is 0 Å². The van der Waals surface area contributed by atoms with Crippen molar-refractivity contribution in [1.82, 2.24) is 5.32 Å². The van der Waals surface area contributed by atoms with Crippen LogP contribution in [-0.4, -0.2) is 59.5 Å².